The average Bonchev–Trinajstić information content (AvgIpc) is 2.61. The lowest BCUT2D eigenvalue weighted by Gasteiger charge is -2.15. The molecule has 3 heterocycles. The predicted molar refractivity (Wildman–Crippen MR) is 111 cm³/mol. The van der Waals surface area contributed by atoms with E-state index in [1.165, 1.54) is 4.57 Å². The molecule has 0 saturated heterocycles. The summed E-state index contributed by atoms with van der Waals surface area (Å²) in [5, 5.41) is 0.314. The Morgan fingerprint density at radius 1 is 1.07 bits per heavy atom. The third kappa shape index (κ3) is 4.46. The number of aryl methyl sites for hydroxylation is 2. The number of ketones is 1. The van der Waals surface area contributed by atoms with Crippen molar-refractivity contribution in [2.45, 2.75) is 33.7 Å². The first kappa shape index (κ1) is 21.0. The summed E-state index contributed by atoms with van der Waals surface area (Å²) in [6.45, 7) is 5.34. The summed E-state index contributed by atoms with van der Waals surface area (Å²) in [5.41, 5.74) is 1.17. The van der Waals surface area contributed by atoms with Crippen LogP contribution in [0.25, 0.3) is 0 Å². The van der Waals surface area contributed by atoms with Gasteiger partial charge in [-0.3, -0.25) is 19.1 Å². The highest BCUT2D eigenvalue weighted by atomic mass is 35.5. The number of hydrogen-bond acceptors (Lipinski definition) is 5. The van der Waals surface area contributed by atoms with Gasteiger partial charge in [0, 0.05) is 11.3 Å². The number of rotatable bonds is 5. The molecule has 3 aromatic rings. The minimum Gasteiger partial charge on any atom is -0.285 e. The van der Waals surface area contributed by atoms with Crippen molar-refractivity contribution in [1.29, 1.82) is 0 Å². The van der Waals surface area contributed by atoms with Crippen LogP contribution in [0.3, 0.4) is 0 Å². The van der Waals surface area contributed by atoms with Gasteiger partial charge in [0.15, 0.2) is 0 Å². The second-order valence-electron chi connectivity index (χ2n) is 6.65. The Balaban J connectivity index is 2.25. The number of nitrogens with one attached hydrogen (secondary N) is 1. The van der Waals surface area contributed by atoms with Gasteiger partial charge in [0.05, 0.1) is 6.54 Å². The van der Waals surface area contributed by atoms with E-state index in [4.69, 9.17) is 23.2 Å². The maximum Gasteiger partial charge on any atom is 0.329 e. The van der Waals surface area contributed by atoms with Gasteiger partial charge < -0.3 is 0 Å². The van der Waals surface area contributed by atoms with Crippen LogP contribution < -0.4 is 11.2 Å². The van der Waals surface area contributed by atoms with Crippen LogP contribution in [0.1, 0.15) is 45.5 Å². The molecule has 150 valence electrons. The maximum atomic E-state index is 13.3. The first-order chi connectivity index (χ1) is 13.7. The van der Waals surface area contributed by atoms with Crippen molar-refractivity contribution in [3.05, 3.63) is 89.2 Å². The minimum atomic E-state index is -0.705. The van der Waals surface area contributed by atoms with Crippen molar-refractivity contribution in [2.24, 2.45) is 0 Å². The van der Waals surface area contributed by atoms with Gasteiger partial charge in [-0.05, 0) is 55.7 Å². The molecular weight excluding hydrogens is 415 g/mol. The van der Waals surface area contributed by atoms with Crippen LogP contribution in [0.5, 0.6) is 0 Å². The summed E-state index contributed by atoms with van der Waals surface area (Å²) in [5.74, 6) is -0.497. The molecule has 0 saturated carbocycles. The SMILES string of the molecule is CCc1c(C(=O)c2cc(C)cc(C)n2)n(Cc2cc(Cl)nc(Cl)c2)c(=O)[nH]c1=O. The zero-order valence-corrected chi connectivity index (χ0v) is 17.6. The summed E-state index contributed by atoms with van der Waals surface area (Å²) >= 11 is 11.9. The van der Waals surface area contributed by atoms with Gasteiger partial charge in [0.25, 0.3) is 5.56 Å². The van der Waals surface area contributed by atoms with Crippen LogP contribution in [0, 0.1) is 13.8 Å². The monoisotopic (exact) mass is 432 g/mol. The number of pyridine rings is 2. The molecule has 1 N–H and O–H groups in total. The van der Waals surface area contributed by atoms with Gasteiger partial charge in [0.1, 0.15) is 21.7 Å². The number of nitrogens with zero attached hydrogens (tertiary/aromatic N) is 3. The Hall–Kier alpha value is -2.77. The summed E-state index contributed by atoms with van der Waals surface area (Å²) in [4.78, 5) is 48.8. The van der Waals surface area contributed by atoms with Crippen LogP contribution in [0.4, 0.5) is 0 Å². The van der Waals surface area contributed by atoms with Gasteiger partial charge in [-0.25, -0.2) is 14.8 Å². The van der Waals surface area contributed by atoms with Crippen molar-refractivity contribution < 1.29 is 4.79 Å². The van der Waals surface area contributed by atoms with E-state index in [1.54, 1.807) is 32.0 Å². The van der Waals surface area contributed by atoms with Gasteiger partial charge in [-0.2, -0.15) is 0 Å². The lowest BCUT2D eigenvalue weighted by Crippen LogP contribution is -2.37. The molecule has 3 aromatic heterocycles. The molecule has 0 bridgehead atoms. The Labute approximate surface area is 176 Å². The van der Waals surface area contributed by atoms with E-state index in [2.05, 4.69) is 15.0 Å². The van der Waals surface area contributed by atoms with Crippen molar-refractivity contribution in [3.63, 3.8) is 0 Å². The van der Waals surface area contributed by atoms with Crippen LogP contribution >= 0.6 is 23.2 Å². The Morgan fingerprint density at radius 2 is 1.72 bits per heavy atom. The highest BCUT2D eigenvalue weighted by Crippen LogP contribution is 2.18. The fraction of sp³-hybridized carbons (Fsp3) is 0.250. The highest BCUT2D eigenvalue weighted by Gasteiger charge is 2.23. The van der Waals surface area contributed by atoms with Crippen LogP contribution in [0.15, 0.2) is 33.9 Å². The summed E-state index contributed by atoms with van der Waals surface area (Å²) in [6, 6.07) is 6.55. The van der Waals surface area contributed by atoms with Crippen LogP contribution in [-0.2, 0) is 13.0 Å². The number of hydrogen-bond donors (Lipinski definition) is 1. The molecule has 0 radical (unpaired) electrons. The van der Waals surface area contributed by atoms with E-state index in [-0.39, 0.29) is 40.2 Å². The minimum absolute atomic E-state index is 0.00260. The van der Waals surface area contributed by atoms with E-state index in [9.17, 15) is 14.4 Å². The summed E-state index contributed by atoms with van der Waals surface area (Å²) in [6.07, 6.45) is 0.263. The van der Waals surface area contributed by atoms with E-state index in [1.807, 2.05) is 13.0 Å². The molecular formula is C20H18Cl2N4O3. The molecule has 0 unspecified atom stereocenters. The van der Waals surface area contributed by atoms with Crippen molar-refractivity contribution in [2.75, 3.05) is 0 Å². The van der Waals surface area contributed by atoms with Crippen molar-refractivity contribution >= 4 is 29.0 Å². The molecule has 0 amide bonds. The highest BCUT2D eigenvalue weighted by molar-refractivity contribution is 6.32. The molecule has 29 heavy (non-hydrogen) atoms. The first-order valence-corrected chi connectivity index (χ1v) is 9.63. The Morgan fingerprint density at radius 3 is 2.31 bits per heavy atom. The predicted octanol–water partition coefficient (Wildman–Crippen LogP) is 3.09. The van der Waals surface area contributed by atoms with E-state index in [0.717, 1.165) is 5.56 Å². The molecule has 0 spiro atoms. The molecule has 9 heteroatoms. The van der Waals surface area contributed by atoms with E-state index >= 15 is 0 Å². The van der Waals surface area contributed by atoms with Gasteiger partial charge in [0.2, 0.25) is 5.78 Å². The van der Waals surface area contributed by atoms with Gasteiger partial charge >= 0.3 is 5.69 Å². The molecule has 0 aliphatic carbocycles. The Kier molecular flexibility index (Phi) is 6.00. The third-order valence-electron chi connectivity index (χ3n) is 4.36. The number of carbonyl (C=O) groups excluding carboxylic acids is 1. The molecule has 7 nitrogen and oxygen atoms in total. The van der Waals surface area contributed by atoms with Gasteiger partial charge in [-0.15, -0.1) is 0 Å². The van der Waals surface area contributed by atoms with Crippen molar-refractivity contribution in [1.82, 2.24) is 19.5 Å². The smallest absolute Gasteiger partial charge is 0.285 e. The normalized spacial score (nSPS) is 10.9. The summed E-state index contributed by atoms with van der Waals surface area (Å²) < 4.78 is 1.21. The van der Waals surface area contributed by atoms with Crippen LogP contribution in [0.2, 0.25) is 10.3 Å². The molecule has 0 fully saturated rings. The zero-order chi connectivity index (χ0) is 21.3. The second kappa shape index (κ2) is 8.31. The van der Waals surface area contributed by atoms with Crippen molar-refractivity contribution in [3.8, 4) is 0 Å². The fourth-order valence-electron chi connectivity index (χ4n) is 3.22. The lowest BCUT2D eigenvalue weighted by atomic mass is 10.0. The maximum absolute atomic E-state index is 13.3. The molecule has 3 rings (SSSR count). The zero-order valence-electron chi connectivity index (χ0n) is 16.0. The number of carbonyl (C=O) groups is 1. The molecule has 0 aromatic carbocycles. The van der Waals surface area contributed by atoms with Crippen LogP contribution in [-0.4, -0.2) is 25.3 Å². The topological polar surface area (TPSA) is 97.7 Å². The first-order valence-electron chi connectivity index (χ1n) is 8.87. The number of aromatic nitrogens is 4. The second-order valence-corrected chi connectivity index (χ2v) is 7.42. The number of halogens is 2. The van der Waals surface area contributed by atoms with E-state index in [0.29, 0.717) is 11.3 Å². The quantitative estimate of drug-likeness (QED) is 0.493. The lowest BCUT2D eigenvalue weighted by molar-refractivity contribution is 0.102. The molecule has 0 atom stereocenters. The van der Waals surface area contributed by atoms with E-state index < -0.39 is 17.0 Å². The third-order valence-corrected chi connectivity index (χ3v) is 4.75. The largest absolute Gasteiger partial charge is 0.329 e. The fourth-order valence-corrected chi connectivity index (χ4v) is 3.72. The van der Waals surface area contributed by atoms with Gasteiger partial charge in [-0.1, -0.05) is 30.1 Å². The molecule has 0 aliphatic heterocycles. The molecule has 0 aliphatic rings. The Bertz CT molecular complexity index is 1190. The standard InChI is InChI=1S/C20H18Cl2N4O3/c1-4-13-17(18(27)14-6-10(2)5-11(3)23-14)26(20(29)25-19(13)28)9-12-7-15(21)24-16(22)8-12/h5-8H,4,9H2,1-3H3,(H,25,28,29). The number of H-pyrrole nitrogens is 1. The number of aromatic amines is 1. The average molecular weight is 433 g/mol. The summed E-state index contributed by atoms with van der Waals surface area (Å²) in [7, 11) is 0.